The van der Waals surface area contributed by atoms with Crippen molar-refractivity contribution in [3.8, 4) is 0 Å². The fourth-order valence-corrected chi connectivity index (χ4v) is 1.71. The summed E-state index contributed by atoms with van der Waals surface area (Å²) in [6.07, 6.45) is 3.17. The van der Waals surface area contributed by atoms with E-state index in [1.165, 1.54) is 6.08 Å². The standard InChI is InChI=1S/C16H16N2O2/c17-14-7-4-12(5-8-14)6-9-16(20)18-15-3-1-2-13(10-15)11-19/h1-10,19H,11,17H2,(H,18,20)/b9-6+. The average Bonchev–Trinajstić information content (AvgIpc) is 2.47. The van der Waals surface area contributed by atoms with Gasteiger partial charge in [0.2, 0.25) is 5.91 Å². The number of nitrogens with two attached hydrogens (primary N) is 1. The van der Waals surface area contributed by atoms with Gasteiger partial charge in [0, 0.05) is 17.5 Å². The van der Waals surface area contributed by atoms with Crippen molar-refractivity contribution in [3.05, 3.63) is 65.7 Å². The molecule has 0 aliphatic carbocycles. The third kappa shape index (κ3) is 3.96. The van der Waals surface area contributed by atoms with Gasteiger partial charge in [0.25, 0.3) is 0 Å². The molecule has 0 saturated carbocycles. The Morgan fingerprint density at radius 3 is 2.65 bits per heavy atom. The number of rotatable bonds is 4. The number of amides is 1. The van der Waals surface area contributed by atoms with Gasteiger partial charge in [0.05, 0.1) is 6.61 Å². The molecule has 0 saturated heterocycles. The quantitative estimate of drug-likeness (QED) is 0.589. The van der Waals surface area contributed by atoms with E-state index in [-0.39, 0.29) is 12.5 Å². The predicted octanol–water partition coefficient (Wildman–Crippen LogP) is 2.41. The van der Waals surface area contributed by atoms with E-state index in [1.54, 1.807) is 42.5 Å². The molecule has 1 amide bonds. The van der Waals surface area contributed by atoms with Gasteiger partial charge in [-0.25, -0.2) is 0 Å². The number of nitrogens with one attached hydrogen (secondary N) is 1. The zero-order valence-electron chi connectivity index (χ0n) is 10.9. The number of aliphatic hydroxyl groups excluding tert-OH is 1. The molecule has 0 unspecified atom stereocenters. The molecule has 2 aromatic carbocycles. The Hall–Kier alpha value is -2.59. The molecule has 4 nitrogen and oxygen atoms in total. The second kappa shape index (κ2) is 6.54. The molecule has 0 aliphatic rings. The molecule has 0 spiro atoms. The molecule has 4 heteroatoms. The van der Waals surface area contributed by atoms with Gasteiger partial charge in [-0.05, 0) is 41.5 Å². The van der Waals surface area contributed by atoms with Gasteiger partial charge in [0.15, 0.2) is 0 Å². The van der Waals surface area contributed by atoms with Crippen molar-refractivity contribution in [1.82, 2.24) is 0 Å². The maximum atomic E-state index is 11.8. The molecule has 20 heavy (non-hydrogen) atoms. The first kappa shape index (κ1) is 13.8. The van der Waals surface area contributed by atoms with Crippen LogP contribution in [0.15, 0.2) is 54.6 Å². The summed E-state index contributed by atoms with van der Waals surface area (Å²) in [7, 11) is 0. The van der Waals surface area contributed by atoms with Gasteiger partial charge in [-0.1, -0.05) is 24.3 Å². The first-order valence-electron chi connectivity index (χ1n) is 6.22. The summed E-state index contributed by atoms with van der Waals surface area (Å²) < 4.78 is 0. The van der Waals surface area contributed by atoms with Crippen molar-refractivity contribution in [3.63, 3.8) is 0 Å². The molecule has 0 bridgehead atoms. The first-order chi connectivity index (χ1) is 9.67. The van der Waals surface area contributed by atoms with Gasteiger partial charge < -0.3 is 16.2 Å². The SMILES string of the molecule is Nc1ccc(/C=C/C(=O)Nc2cccc(CO)c2)cc1. The highest BCUT2D eigenvalue weighted by Crippen LogP contribution is 2.11. The van der Waals surface area contributed by atoms with Crippen LogP contribution in [0.2, 0.25) is 0 Å². The number of anilines is 2. The van der Waals surface area contributed by atoms with Crippen LogP contribution >= 0.6 is 0 Å². The van der Waals surface area contributed by atoms with Gasteiger partial charge in [-0.2, -0.15) is 0 Å². The third-order valence-corrected chi connectivity index (χ3v) is 2.74. The monoisotopic (exact) mass is 268 g/mol. The number of benzene rings is 2. The normalized spacial score (nSPS) is 10.7. The van der Waals surface area contributed by atoms with E-state index in [1.807, 2.05) is 12.1 Å². The zero-order chi connectivity index (χ0) is 14.4. The van der Waals surface area contributed by atoms with Crippen LogP contribution in [-0.2, 0) is 11.4 Å². The summed E-state index contributed by atoms with van der Waals surface area (Å²) in [5, 5.41) is 11.8. The summed E-state index contributed by atoms with van der Waals surface area (Å²) in [5.74, 6) is -0.225. The van der Waals surface area contributed by atoms with Gasteiger partial charge in [0.1, 0.15) is 0 Å². The van der Waals surface area contributed by atoms with Gasteiger partial charge >= 0.3 is 0 Å². The highest BCUT2D eigenvalue weighted by molar-refractivity contribution is 6.01. The van der Waals surface area contributed by atoms with E-state index < -0.39 is 0 Å². The minimum absolute atomic E-state index is 0.0506. The largest absolute Gasteiger partial charge is 0.399 e. The maximum Gasteiger partial charge on any atom is 0.248 e. The smallest absolute Gasteiger partial charge is 0.248 e. The Balaban J connectivity index is 1.99. The Morgan fingerprint density at radius 1 is 1.20 bits per heavy atom. The minimum atomic E-state index is -0.225. The average molecular weight is 268 g/mol. The van der Waals surface area contributed by atoms with E-state index in [2.05, 4.69) is 5.32 Å². The summed E-state index contributed by atoms with van der Waals surface area (Å²) in [4.78, 5) is 11.8. The van der Waals surface area contributed by atoms with E-state index in [9.17, 15) is 4.79 Å². The van der Waals surface area contributed by atoms with Gasteiger partial charge in [-0.15, -0.1) is 0 Å². The molecule has 102 valence electrons. The lowest BCUT2D eigenvalue weighted by atomic mass is 10.2. The minimum Gasteiger partial charge on any atom is -0.399 e. The Bertz CT molecular complexity index is 619. The number of hydrogen-bond donors (Lipinski definition) is 3. The fraction of sp³-hybridized carbons (Fsp3) is 0.0625. The first-order valence-corrected chi connectivity index (χ1v) is 6.22. The molecule has 4 N–H and O–H groups in total. The molecule has 2 aromatic rings. The van der Waals surface area contributed by atoms with E-state index in [0.29, 0.717) is 11.4 Å². The van der Waals surface area contributed by atoms with Crippen LogP contribution in [0, 0.1) is 0 Å². The predicted molar refractivity (Wildman–Crippen MR) is 80.9 cm³/mol. The lowest BCUT2D eigenvalue weighted by molar-refractivity contribution is -0.111. The van der Waals surface area contributed by atoms with Crippen LogP contribution in [0.5, 0.6) is 0 Å². The highest BCUT2D eigenvalue weighted by Gasteiger charge is 1.99. The molecule has 0 aromatic heterocycles. The number of carbonyl (C=O) groups excluding carboxylic acids is 1. The van der Waals surface area contributed by atoms with Crippen molar-refractivity contribution in [2.75, 3.05) is 11.1 Å². The van der Waals surface area contributed by atoms with Crippen LogP contribution in [0.3, 0.4) is 0 Å². The molecule has 0 aliphatic heterocycles. The van der Waals surface area contributed by atoms with Gasteiger partial charge in [-0.3, -0.25) is 4.79 Å². The molecule has 0 radical (unpaired) electrons. The lowest BCUT2D eigenvalue weighted by Crippen LogP contribution is -2.07. The lowest BCUT2D eigenvalue weighted by Gasteiger charge is -2.03. The van der Waals surface area contributed by atoms with E-state index in [0.717, 1.165) is 11.1 Å². The summed E-state index contributed by atoms with van der Waals surface area (Å²) in [6, 6.07) is 14.3. The maximum absolute atomic E-state index is 11.8. The molecule has 2 rings (SSSR count). The summed E-state index contributed by atoms with van der Waals surface area (Å²) in [6.45, 7) is -0.0506. The van der Waals surface area contributed by atoms with Crippen molar-refractivity contribution in [2.45, 2.75) is 6.61 Å². The van der Waals surface area contributed by atoms with Crippen molar-refractivity contribution in [1.29, 1.82) is 0 Å². The van der Waals surface area contributed by atoms with Crippen molar-refractivity contribution >= 4 is 23.4 Å². The number of aliphatic hydroxyl groups is 1. The molecule has 0 atom stereocenters. The Labute approximate surface area is 117 Å². The third-order valence-electron chi connectivity index (χ3n) is 2.74. The molecular weight excluding hydrogens is 252 g/mol. The fourth-order valence-electron chi connectivity index (χ4n) is 1.71. The summed E-state index contributed by atoms with van der Waals surface area (Å²) >= 11 is 0. The Morgan fingerprint density at radius 2 is 1.95 bits per heavy atom. The summed E-state index contributed by atoms with van der Waals surface area (Å²) in [5.41, 5.74) is 8.59. The van der Waals surface area contributed by atoms with Crippen LogP contribution in [0.25, 0.3) is 6.08 Å². The van der Waals surface area contributed by atoms with E-state index in [4.69, 9.17) is 10.8 Å². The Kier molecular flexibility index (Phi) is 4.52. The molecular formula is C16H16N2O2. The number of carbonyl (C=O) groups is 1. The number of hydrogen-bond acceptors (Lipinski definition) is 3. The van der Waals surface area contributed by atoms with Crippen molar-refractivity contribution in [2.24, 2.45) is 0 Å². The van der Waals surface area contributed by atoms with Crippen molar-refractivity contribution < 1.29 is 9.90 Å². The zero-order valence-corrected chi connectivity index (χ0v) is 10.9. The van der Waals surface area contributed by atoms with Crippen LogP contribution in [0.1, 0.15) is 11.1 Å². The second-order valence-electron chi connectivity index (χ2n) is 4.35. The molecule has 0 fully saturated rings. The second-order valence-corrected chi connectivity index (χ2v) is 4.35. The molecule has 0 heterocycles. The van der Waals surface area contributed by atoms with Crippen LogP contribution < -0.4 is 11.1 Å². The topological polar surface area (TPSA) is 75.4 Å². The van der Waals surface area contributed by atoms with Crippen LogP contribution in [-0.4, -0.2) is 11.0 Å². The highest BCUT2D eigenvalue weighted by atomic mass is 16.3. The van der Waals surface area contributed by atoms with Crippen LogP contribution in [0.4, 0.5) is 11.4 Å². The number of nitrogen functional groups attached to an aromatic ring is 1. The van der Waals surface area contributed by atoms with E-state index >= 15 is 0 Å².